The van der Waals surface area contributed by atoms with E-state index in [0.717, 1.165) is 23.2 Å². The third kappa shape index (κ3) is 3.82. The van der Waals surface area contributed by atoms with Crippen LogP contribution in [0.25, 0.3) is 0 Å². The van der Waals surface area contributed by atoms with Gasteiger partial charge in [-0.1, -0.05) is 44.2 Å². The highest BCUT2D eigenvalue weighted by Crippen LogP contribution is 2.58. The molecule has 11 heteroatoms. The van der Waals surface area contributed by atoms with Crippen molar-refractivity contribution in [3.63, 3.8) is 0 Å². The molecular weight excluding hydrogens is 528 g/mol. The van der Waals surface area contributed by atoms with Crippen LogP contribution in [-0.4, -0.2) is 52.9 Å². The van der Waals surface area contributed by atoms with Crippen molar-refractivity contribution >= 4 is 23.5 Å². The summed E-state index contributed by atoms with van der Waals surface area (Å²) in [4.78, 5) is 43.9. The Kier molecular flexibility index (Phi) is 5.82. The summed E-state index contributed by atoms with van der Waals surface area (Å²) in [7, 11) is 0. The lowest BCUT2D eigenvalue weighted by Gasteiger charge is -2.28. The Hall–Kier alpha value is -4.38. The van der Waals surface area contributed by atoms with Gasteiger partial charge in [0, 0.05) is 24.3 Å². The van der Waals surface area contributed by atoms with Crippen LogP contribution in [0.3, 0.4) is 0 Å². The van der Waals surface area contributed by atoms with Crippen LogP contribution in [0.1, 0.15) is 71.6 Å². The van der Waals surface area contributed by atoms with E-state index < -0.39 is 41.7 Å². The number of oxazole rings is 1. The summed E-state index contributed by atoms with van der Waals surface area (Å²) in [6.07, 6.45) is 0.297. The number of aromatic nitrogens is 1. The molecule has 0 radical (unpaired) electrons. The molecule has 11 nitrogen and oxygen atoms in total. The van der Waals surface area contributed by atoms with Gasteiger partial charge >= 0.3 is 5.97 Å². The third-order valence-electron chi connectivity index (χ3n) is 8.48. The van der Waals surface area contributed by atoms with E-state index in [1.807, 2.05) is 56.3 Å². The van der Waals surface area contributed by atoms with Gasteiger partial charge in [-0.05, 0) is 42.0 Å². The minimum absolute atomic E-state index is 0.0765. The van der Waals surface area contributed by atoms with Crippen molar-refractivity contribution in [3.05, 3.63) is 76.5 Å². The summed E-state index contributed by atoms with van der Waals surface area (Å²) in [6, 6.07) is 11.5. The maximum absolute atomic E-state index is 13.7. The number of aromatic carboxylic acids is 1. The van der Waals surface area contributed by atoms with Gasteiger partial charge < -0.3 is 34.9 Å². The molecule has 1 fully saturated rings. The zero-order valence-electron chi connectivity index (χ0n) is 22.6. The van der Waals surface area contributed by atoms with Gasteiger partial charge in [0.2, 0.25) is 17.7 Å². The van der Waals surface area contributed by atoms with Crippen LogP contribution in [-0.2, 0) is 26.2 Å². The molecule has 4 aliphatic heterocycles. The van der Waals surface area contributed by atoms with Crippen LogP contribution in [0.4, 0.5) is 5.69 Å². The van der Waals surface area contributed by atoms with Crippen molar-refractivity contribution in [1.82, 2.24) is 15.6 Å². The van der Waals surface area contributed by atoms with Crippen LogP contribution >= 0.6 is 0 Å². The lowest BCUT2D eigenvalue weighted by molar-refractivity contribution is -0.135. The maximum atomic E-state index is 13.7. The van der Waals surface area contributed by atoms with E-state index in [0.29, 0.717) is 24.3 Å². The number of fused-ring (bicyclic) bond motifs is 4. The number of amides is 2. The topological polar surface area (TPSA) is 152 Å². The summed E-state index contributed by atoms with van der Waals surface area (Å²) in [5, 5.41) is 19.6. The summed E-state index contributed by atoms with van der Waals surface area (Å²) >= 11 is 0. The number of carboxylic acids is 1. The molecule has 41 heavy (non-hydrogen) atoms. The average Bonchev–Trinajstić information content (AvgIpc) is 3.73. The number of nitrogens with zero attached hydrogens (tertiary/aromatic N) is 1. The summed E-state index contributed by atoms with van der Waals surface area (Å²) < 4.78 is 18.4. The Bertz CT molecular complexity index is 1580. The van der Waals surface area contributed by atoms with Gasteiger partial charge in [-0.2, -0.15) is 0 Å². The maximum Gasteiger partial charge on any atom is 0.358 e. The zero-order chi connectivity index (χ0) is 28.5. The number of carbonyl (C=O) groups is 3. The molecule has 2 amide bonds. The normalized spacial score (nSPS) is 27.5. The highest BCUT2D eigenvalue weighted by Gasteiger charge is 2.61. The molecule has 2 unspecified atom stereocenters. The molecule has 5 heterocycles. The Morgan fingerprint density at radius 1 is 1.15 bits per heavy atom. The van der Waals surface area contributed by atoms with Crippen LogP contribution < -0.4 is 20.7 Å². The fraction of sp³-hybridized carbons (Fsp3) is 0.400. The van der Waals surface area contributed by atoms with E-state index in [2.05, 4.69) is 20.9 Å². The molecule has 0 saturated carbocycles. The van der Waals surface area contributed by atoms with Gasteiger partial charge in [0.1, 0.15) is 29.4 Å². The predicted molar refractivity (Wildman–Crippen MR) is 145 cm³/mol. The van der Waals surface area contributed by atoms with Crippen LogP contribution in [0, 0.1) is 5.92 Å². The number of nitrogens with one attached hydrogen (secondary N) is 3. The number of anilines is 1. The average molecular weight is 559 g/mol. The van der Waals surface area contributed by atoms with Crippen molar-refractivity contribution in [2.75, 3.05) is 11.9 Å². The van der Waals surface area contributed by atoms with Crippen LogP contribution in [0.5, 0.6) is 5.75 Å². The van der Waals surface area contributed by atoms with E-state index in [4.69, 9.17) is 13.9 Å². The fourth-order valence-corrected chi connectivity index (χ4v) is 6.50. The molecule has 5 atom stereocenters. The van der Waals surface area contributed by atoms with Gasteiger partial charge in [0.05, 0.1) is 0 Å². The highest BCUT2D eigenvalue weighted by atomic mass is 16.5. The monoisotopic (exact) mass is 558 g/mol. The minimum atomic E-state index is -1.25. The Labute approximate surface area is 235 Å². The molecule has 3 aromatic rings. The third-order valence-corrected chi connectivity index (χ3v) is 8.48. The number of hydrogen-bond donors (Lipinski definition) is 4. The first-order chi connectivity index (χ1) is 19.8. The quantitative estimate of drug-likeness (QED) is 0.379. The van der Waals surface area contributed by atoms with E-state index in [9.17, 15) is 19.5 Å². The van der Waals surface area contributed by atoms with Gasteiger partial charge in [0.25, 0.3) is 0 Å². The first-order valence-corrected chi connectivity index (χ1v) is 13.9. The zero-order valence-corrected chi connectivity index (χ0v) is 22.6. The Morgan fingerprint density at radius 3 is 2.73 bits per heavy atom. The second-order valence-electron chi connectivity index (χ2n) is 11.4. The van der Waals surface area contributed by atoms with Crippen LogP contribution in [0.2, 0.25) is 0 Å². The SMILES string of the molecule is CC(C)[C@@H]1NC(=O)[C@@H](NC(=O)[C@H]2CCCO2)Cc2ccc3c(c2)C2(c4ccccc4NC2O3)c2oc1nc2C(=O)O. The molecule has 1 spiro atoms. The van der Waals surface area contributed by atoms with E-state index in [-0.39, 0.29) is 35.6 Å². The smallest absolute Gasteiger partial charge is 0.358 e. The number of hydrogen-bond acceptors (Lipinski definition) is 8. The van der Waals surface area contributed by atoms with Crippen molar-refractivity contribution in [3.8, 4) is 5.75 Å². The molecule has 4 N–H and O–H groups in total. The molecule has 0 aliphatic carbocycles. The summed E-state index contributed by atoms with van der Waals surface area (Å²) in [6.45, 7) is 4.27. The Morgan fingerprint density at radius 2 is 1.98 bits per heavy atom. The molecule has 4 bridgehead atoms. The first-order valence-electron chi connectivity index (χ1n) is 13.9. The van der Waals surface area contributed by atoms with Gasteiger partial charge in [-0.3, -0.25) is 9.59 Å². The summed E-state index contributed by atoms with van der Waals surface area (Å²) in [5.74, 6) is -1.43. The van der Waals surface area contributed by atoms with Gasteiger partial charge in [0.15, 0.2) is 17.7 Å². The van der Waals surface area contributed by atoms with Crippen molar-refractivity contribution in [2.24, 2.45) is 5.92 Å². The van der Waals surface area contributed by atoms with Gasteiger partial charge in [-0.15, -0.1) is 0 Å². The number of carboxylic acid groups (broad SMARTS) is 1. The number of ether oxygens (including phenoxy) is 2. The predicted octanol–water partition coefficient (Wildman–Crippen LogP) is 2.88. The van der Waals surface area contributed by atoms with E-state index >= 15 is 0 Å². The van der Waals surface area contributed by atoms with E-state index in [1.165, 1.54) is 0 Å². The standard InChI is InChI=1S/C30H30N4O7/c1-14(2)22-27-34-23(28(37)38)24(41-27)30-16-6-3-4-7-18(16)32-29(30)40-20-10-9-15(12-17(20)30)13-19(25(35)33-22)31-26(36)21-8-5-11-39-21/h3-4,6-7,9-10,12,14,19,21-22,29,32H,5,8,11,13H2,1-2H3,(H,31,36)(H,33,35)(H,37,38)/t19-,21+,22-,29?,30?/m0/s1. The molecule has 2 aromatic carbocycles. The Balaban J connectivity index is 1.44. The first kappa shape index (κ1) is 25.6. The van der Waals surface area contributed by atoms with Crippen molar-refractivity contribution < 1.29 is 33.4 Å². The van der Waals surface area contributed by atoms with Crippen molar-refractivity contribution in [2.45, 2.75) is 62.9 Å². The van der Waals surface area contributed by atoms with E-state index in [1.54, 1.807) is 0 Å². The molecule has 212 valence electrons. The molecule has 1 saturated heterocycles. The largest absolute Gasteiger partial charge is 0.476 e. The summed E-state index contributed by atoms with van der Waals surface area (Å²) in [5.41, 5.74) is 1.67. The lowest BCUT2D eigenvalue weighted by Crippen LogP contribution is -2.51. The van der Waals surface area contributed by atoms with Crippen LogP contribution in [0.15, 0.2) is 46.9 Å². The highest BCUT2D eigenvalue weighted by molar-refractivity contribution is 5.91. The number of rotatable bonds is 4. The second-order valence-corrected chi connectivity index (χ2v) is 11.4. The lowest BCUT2D eigenvalue weighted by atomic mass is 9.72. The minimum Gasteiger partial charge on any atom is -0.476 e. The fourth-order valence-electron chi connectivity index (χ4n) is 6.50. The molecule has 4 aliphatic rings. The second kappa shape index (κ2) is 9.34. The number of para-hydroxylation sites is 1. The molecule has 1 aromatic heterocycles. The van der Waals surface area contributed by atoms with Crippen molar-refractivity contribution in [1.29, 1.82) is 0 Å². The number of benzene rings is 2. The number of carbonyl (C=O) groups excluding carboxylic acids is 2. The molecular formula is C30H30N4O7. The van der Waals surface area contributed by atoms with Gasteiger partial charge in [-0.25, -0.2) is 9.78 Å². The molecule has 7 rings (SSSR count).